The first-order valence-corrected chi connectivity index (χ1v) is 9.43. The van der Waals surface area contributed by atoms with Crippen LogP contribution in [0.4, 0.5) is 11.5 Å². The maximum Gasteiger partial charge on any atom is 0.352 e. The fraction of sp³-hybridized carbons (Fsp3) is 0.0870. The van der Waals surface area contributed by atoms with Crippen LogP contribution in [0.25, 0.3) is 6.08 Å². The monoisotopic (exact) mass is 400 g/mol. The molecule has 2 heterocycles. The van der Waals surface area contributed by atoms with Gasteiger partial charge in [0.1, 0.15) is 17.1 Å². The minimum Gasteiger partial charge on any atom is -0.477 e. The zero-order valence-corrected chi connectivity index (χ0v) is 16.2. The van der Waals surface area contributed by atoms with Crippen molar-refractivity contribution in [2.24, 2.45) is 0 Å². The van der Waals surface area contributed by atoms with Crippen molar-refractivity contribution in [1.82, 2.24) is 9.78 Å². The molecule has 1 unspecified atom stereocenters. The van der Waals surface area contributed by atoms with Crippen molar-refractivity contribution in [3.63, 3.8) is 0 Å². The first-order chi connectivity index (χ1) is 14.5. The van der Waals surface area contributed by atoms with Crippen molar-refractivity contribution in [2.75, 3.05) is 10.6 Å². The van der Waals surface area contributed by atoms with Gasteiger partial charge in [0.25, 0.3) is 5.91 Å². The smallest absolute Gasteiger partial charge is 0.352 e. The fourth-order valence-corrected chi connectivity index (χ4v) is 3.23. The van der Waals surface area contributed by atoms with Gasteiger partial charge >= 0.3 is 5.97 Å². The number of para-hydroxylation sites is 1. The van der Waals surface area contributed by atoms with Crippen molar-refractivity contribution in [3.8, 4) is 0 Å². The predicted octanol–water partition coefficient (Wildman–Crippen LogP) is 4.09. The molecule has 0 aliphatic carbocycles. The van der Waals surface area contributed by atoms with Crippen LogP contribution in [-0.4, -0.2) is 26.8 Å². The van der Waals surface area contributed by atoms with Gasteiger partial charge in [0.15, 0.2) is 0 Å². The van der Waals surface area contributed by atoms with Gasteiger partial charge in [-0.05, 0) is 30.2 Å². The summed E-state index contributed by atoms with van der Waals surface area (Å²) in [5.74, 6) is -1.13. The number of aromatic nitrogens is 2. The van der Waals surface area contributed by atoms with Gasteiger partial charge in [-0.25, -0.2) is 9.48 Å². The van der Waals surface area contributed by atoms with Crippen molar-refractivity contribution < 1.29 is 14.7 Å². The molecule has 1 aromatic heterocycles. The number of anilines is 2. The summed E-state index contributed by atoms with van der Waals surface area (Å²) in [6.07, 6.45) is 6.74. The average Bonchev–Trinajstić information content (AvgIpc) is 3.18. The van der Waals surface area contributed by atoms with Gasteiger partial charge in [0.05, 0.1) is 12.2 Å². The van der Waals surface area contributed by atoms with E-state index in [1.165, 1.54) is 6.20 Å². The van der Waals surface area contributed by atoms with Crippen LogP contribution >= 0.6 is 0 Å². The number of carboxylic acids is 1. The van der Waals surface area contributed by atoms with E-state index in [-0.39, 0.29) is 17.2 Å². The van der Waals surface area contributed by atoms with Gasteiger partial charge in [-0.15, -0.1) is 0 Å². The molecular formula is C23H20N4O3. The van der Waals surface area contributed by atoms with Crippen LogP contribution in [0.2, 0.25) is 0 Å². The van der Waals surface area contributed by atoms with Crippen molar-refractivity contribution in [2.45, 2.75) is 13.0 Å². The van der Waals surface area contributed by atoms with E-state index in [1.54, 1.807) is 10.8 Å². The van der Waals surface area contributed by atoms with Gasteiger partial charge in [-0.3, -0.25) is 4.79 Å². The summed E-state index contributed by atoms with van der Waals surface area (Å²) >= 11 is 0. The van der Waals surface area contributed by atoms with Crippen LogP contribution in [-0.2, 0) is 4.79 Å². The van der Waals surface area contributed by atoms with Gasteiger partial charge < -0.3 is 15.7 Å². The normalized spacial score (nSPS) is 15.2. The number of allylic oxidation sites excluding steroid dienone is 2. The van der Waals surface area contributed by atoms with E-state index in [9.17, 15) is 14.7 Å². The first kappa shape index (κ1) is 19.2. The quantitative estimate of drug-likeness (QED) is 0.599. The number of amides is 1. The number of aryl methyl sites for hydroxylation is 1. The fourth-order valence-electron chi connectivity index (χ4n) is 3.23. The number of nitrogens with zero attached hydrogens (tertiary/aromatic N) is 2. The summed E-state index contributed by atoms with van der Waals surface area (Å²) in [6.45, 7) is 1.90. The molecule has 3 aromatic rings. The summed E-state index contributed by atoms with van der Waals surface area (Å²) in [5.41, 5.74) is 2.86. The number of aliphatic carboxylic acids is 1. The van der Waals surface area contributed by atoms with Gasteiger partial charge in [0, 0.05) is 5.69 Å². The van der Waals surface area contributed by atoms with Crippen molar-refractivity contribution in [3.05, 3.63) is 95.3 Å². The van der Waals surface area contributed by atoms with Crippen LogP contribution in [0.1, 0.15) is 27.5 Å². The van der Waals surface area contributed by atoms with Crippen LogP contribution < -0.4 is 10.6 Å². The SMILES string of the molecule is Cc1ccccc1NC(=O)c1cnn2c1NC(C(=O)O)=CC2C=Cc1ccccc1. The van der Waals surface area contributed by atoms with Crippen LogP contribution in [0.5, 0.6) is 0 Å². The summed E-state index contributed by atoms with van der Waals surface area (Å²) < 4.78 is 1.60. The number of carboxylic acid groups (broad SMARTS) is 1. The maximum atomic E-state index is 12.9. The van der Waals surface area contributed by atoms with E-state index in [0.717, 1.165) is 11.1 Å². The highest BCUT2D eigenvalue weighted by Crippen LogP contribution is 2.30. The zero-order chi connectivity index (χ0) is 21.1. The Bertz CT molecular complexity index is 1160. The molecular weight excluding hydrogens is 380 g/mol. The molecule has 0 bridgehead atoms. The first-order valence-electron chi connectivity index (χ1n) is 9.43. The van der Waals surface area contributed by atoms with Crippen LogP contribution in [0.15, 0.2) is 78.6 Å². The average molecular weight is 400 g/mol. The molecule has 7 nitrogen and oxygen atoms in total. The summed E-state index contributed by atoms with van der Waals surface area (Å²) in [7, 11) is 0. The highest BCUT2D eigenvalue weighted by Gasteiger charge is 2.27. The molecule has 1 aliphatic rings. The third kappa shape index (κ3) is 3.86. The Hall–Kier alpha value is -4.13. The second-order valence-corrected chi connectivity index (χ2v) is 6.89. The molecule has 30 heavy (non-hydrogen) atoms. The van der Waals surface area contributed by atoms with Crippen molar-refractivity contribution >= 4 is 29.5 Å². The Balaban J connectivity index is 1.66. The lowest BCUT2D eigenvalue weighted by Crippen LogP contribution is -2.24. The third-order valence-corrected chi connectivity index (χ3v) is 4.82. The molecule has 0 spiro atoms. The predicted molar refractivity (Wildman–Crippen MR) is 115 cm³/mol. The van der Waals surface area contributed by atoms with Crippen LogP contribution in [0.3, 0.4) is 0 Å². The largest absolute Gasteiger partial charge is 0.477 e. The van der Waals surface area contributed by atoms with E-state index in [4.69, 9.17) is 0 Å². The second-order valence-electron chi connectivity index (χ2n) is 6.89. The number of rotatable bonds is 5. The molecule has 0 saturated carbocycles. The second kappa shape index (κ2) is 8.08. The van der Waals surface area contributed by atoms with E-state index in [2.05, 4.69) is 15.7 Å². The van der Waals surface area contributed by atoms with Gasteiger partial charge in [-0.1, -0.05) is 60.7 Å². The Kier molecular flexibility index (Phi) is 5.17. The standard InChI is InChI=1S/C23H20N4O3/c1-15-7-5-6-10-19(15)26-22(28)18-14-24-27-17(12-11-16-8-3-2-4-9-16)13-20(23(29)30)25-21(18)27/h2-14,17,25H,1H3,(H,26,28)(H,29,30). The van der Waals surface area contributed by atoms with E-state index < -0.39 is 12.0 Å². The molecule has 1 amide bonds. The number of nitrogens with one attached hydrogen (secondary N) is 2. The lowest BCUT2D eigenvalue weighted by molar-refractivity contribution is -0.132. The molecule has 3 N–H and O–H groups in total. The summed E-state index contributed by atoms with van der Waals surface area (Å²) in [6, 6.07) is 16.7. The van der Waals surface area contributed by atoms with Gasteiger partial charge in [-0.2, -0.15) is 5.10 Å². The maximum absolute atomic E-state index is 12.9. The summed E-state index contributed by atoms with van der Waals surface area (Å²) in [5, 5.41) is 19.5. The summed E-state index contributed by atoms with van der Waals surface area (Å²) in [4.78, 5) is 24.5. The van der Waals surface area contributed by atoms with Crippen molar-refractivity contribution in [1.29, 1.82) is 0 Å². The molecule has 150 valence electrons. The lowest BCUT2D eigenvalue weighted by Gasteiger charge is -2.22. The van der Waals surface area contributed by atoms with E-state index in [1.807, 2.05) is 73.7 Å². The lowest BCUT2D eigenvalue weighted by atomic mass is 10.1. The minimum atomic E-state index is -1.11. The van der Waals surface area contributed by atoms with Gasteiger partial charge in [0.2, 0.25) is 0 Å². The highest BCUT2D eigenvalue weighted by atomic mass is 16.4. The topological polar surface area (TPSA) is 96.3 Å². The molecule has 0 saturated heterocycles. The number of hydrogen-bond acceptors (Lipinski definition) is 4. The molecule has 0 radical (unpaired) electrons. The van der Waals surface area contributed by atoms with Crippen LogP contribution in [0, 0.1) is 6.92 Å². The number of fused-ring (bicyclic) bond motifs is 1. The molecule has 1 atom stereocenters. The Morgan fingerprint density at radius 1 is 1.13 bits per heavy atom. The Morgan fingerprint density at radius 3 is 2.60 bits per heavy atom. The molecule has 0 fully saturated rings. The molecule has 2 aromatic carbocycles. The number of hydrogen-bond donors (Lipinski definition) is 3. The number of benzene rings is 2. The Labute approximate surface area is 173 Å². The minimum absolute atomic E-state index is 0.00402. The zero-order valence-electron chi connectivity index (χ0n) is 16.2. The molecule has 7 heteroatoms. The van der Waals surface area contributed by atoms with E-state index in [0.29, 0.717) is 11.5 Å². The third-order valence-electron chi connectivity index (χ3n) is 4.82. The number of carbonyl (C=O) groups is 2. The molecule has 4 rings (SSSR count). The number of carbonyl (C=O) groups excluding carboxylic acids is 1. The van der Waals surface area contributed by atoms with E-state index >= 15 is 0 Å². The highest BCUT2D eigenvalue weighted by molar-refractivity contribution is 6.08. The Morgan fingerprint density at radius 2 is 1.87 bits per heavy atom. The molecule has 1 aliphatic heterocycles.